The van der Waals surface area contributed by atoms with Crippen LogP contribution in [0.4, 0.5) is 34.1 Å². The van der Waals surface area contributed by atoms with Gasteiger partial charge in [0.05, 0.1) is 56.5 Å². The summed E-state index contributed by atoms with van der Waals surface area (Å²) in [7, 11) is -13.2. The van der Waals surface area contributed by atoms with Crippen molar-refractivity contribution in [3.05, 3.63) is 54.6 Å². The first-order valence-electron chi connectivity index (χ1n) is 12.4. The Balaban J connectivity index is 0.00000833. The first-order valence-corrected chi connectivity index (χ1v) is 18.4. The van der Waals surface area contributed by atoms with E-state index in [2.05, 4.69) is 43.4 Å². The SMILES string of the molecule is Nc1cc(N)c(N=Nc2ccc(S(=O)(=O)CCOSOO[O-])cc2S(=O)(=O)[O-])cc1N=Nc1ccc(S(=O)(=O)CCOSOO[O-])cc1.[Na+].[Na+].[Na+]. The van der Waals surface area contributed by atoms with Crippen LogP contribution in [-0.2, 0) is 56.9 Å². The summed E-state index contributed by atoms with van der Waals surface area (Å²) >= 11 is 0.251. The summed E-state index contributed by atoms with van der Waals surface area (Å²) < 4.78 is 103. The van der Waals surface area contributed by atoms with Gasteiger partial charge in [-0.15, -0.1) is 24.0 Å². The van der Waals surface area contributed by atoms with Crippen molar-refractivity contribution in [3.63, 3.8) is 0 Å². The zero-order valence-electron chi connectivity index (χ0n) is 26.6. The van der Waals surface area contributed by atoms with Crippen LogP contribution >= 0.6 is 24.6 Å². The fourth-order valence-electron chi connectivity index (χ4n) is 3.35. The van der Waals surface area contributed by atoms with Gasteiger partial charge in [0.15, 0.2) is 44.3 Å². The average molecular weight is 839 g/mol. The first kappa shape index (κ1) is 50.6. The van der Waals surface area contributed by atoms with E-state index in [0.29, 0.717) is 6.07 Å². The third-order valence-corrected chi connectivity index (χ3v) is 10.5. The van der Waals surface area contributed by atoms with Gasteiger partial charge < -0.3 is 26.5 Å². The van der Waals surface area contributed by atoms with E-state index in [1.807, 2.05) is 0 Å². The number of azo groups is 2. The summed E-state index contributed by atoms with van der Waals surface area (Å²) in [5.74, 6) is -1.11. The van der Waals surface area contributed by atoms with Gasteiger partial charge in [-0.1, -0.05) is 0 Å². The Morgan fingerprint density at radius 3 is 1.55 bits per heavy atom. The topological polar surface area (TPSA) is 328 Å². The van der Waals surface area contributed by atoms with Crippen LogP contribution < -0.4 is 111 Å². The monoisotopic (exact) mass is 838 g/mol. The van der Waals surface area contributed by atoms with E-state index in [4.69, 9.17) is 15.7 Å². The average Bonchev–Trinajstić information content (AvgIpc) is 3.03. The molecule has 51 heavy (non-hydrogen) atoms. The Bertz CT molecular complexity index is 1960. The molecule has 0 amide bonds. The molecule has 0 saturated carbocycles. The molecule has 0 spiro atoms. The van der Waals surface area contributed by atoms with E-state index in [0.717, 1.165) is 12.1 Å². The molecule has 0 saturated heterocycles. The van der Waals surface area contributed by atoms with Crippen molar-refractivity contribution in [1.82, 2.24) is 0 Å². The molecule has 3 aromatic carbocycles. The molecule has 0 atom stereocenters. The van der Waals surface area contributed by atoms with Crippen molar-refractivity contribution in [1.29, 1.82) is 0 Å². The normalized spacial score (nSPS) is 12.0. The molecule has 21 nitrogen and oxygen atoms in total. The molecule has 0 unspecified atom stereocenters. The number of nitrogen functional groups attached to an aromatic ring is 2. The van der Waals surface area contributed by atoms with Gasteiger partial charge in [0.1, 0.15) is 27.2 Å². The van der Waals surface area contributed by atoms with Gasteiger partial charge in [-0.3, -0.25) is 18.4 Å². The summed E-state index contributed by atoms with van der Waals surface area (Å²) in [6.45, 7) is -0.793. The molecule has 4 N–H and O–H groups in total. The number of nitrogens with two attached hydrogens (primary N) is 2. The van der Waals surface area contributed by atoms with Crippen LogP contribution in [0.25, 0.3) is 0 Å². The maximum absolute atomic E-state index is 12.6. The molecular formula is C22H21N6Na3O15S5. The largest absolute Gasteiger partial charge is 1.00 e. The van der Waals surface area contributed by atoms with Crippen molar-refractivity contribution in [3.8, 4) is 0 Å². The standard InChI is InChI=1S/C22H24N6O15S5.3Na/c23-17-12-18(24)21(13-20(17)27-25-14-1-3-15(4-2-14)46(31,32)9-7-38-44-42-40-29)28-26-19-6-5-16(11-22(19)48(35,36)37)47(33,34)10-8-39-45-43-41-30;;;/h1-6,11-13,29-30H,7-10,23-24H2,(H,35,36,37);;;/q;3*+1/p-3. The molecule has 0 aromatic heterocycles. The zero-order valence-corrected chi connectivity index (χ0v) is 36.7. The van der Waals surface area contributed by atoms with E-state index >= 15 is 0 Å². The number of nitrogens with zero attached hydrogens (tertiary/aromatic N) is 4. The van der Waals surface area contributed by atoms with Crippen molar-refractivity contribution >= 4 is 88.6 Å². The number of benzene rings is 3. The summed E-state index contributed by atoms with van der Waals surface area (Å²) in [6.07, 6.45) is 0. The molecule has 262 valence electrons. The number of hydrogen-bond donors (Lipinski definition) is 2. The van der Waals surface area contributed by atoms with Crippen LogP contribution in [0.3, 0.4) is 0 Å². The van der Waals surface area contributed by atoms with Gasteiger partial charge in [0.25, 0.3) is 0 Å². The molecule has 0 aliphatic heterocycles. The maximum Gasteiger partial charge on any atom is 1.00 e. The molecule has 3 aromatic rings. The van der Waals surface area contributed by atoms with Crippen molar-refractivity contribution in [2.45, 2.75) is 14.7 Å². The number of anilines is 2. The van der Waals surface area contributed by atoms with Crippen molar-refractivity contribution in [2.24, 2.45) is 20.5 Å². The number of hydrogen-bond acceptors (Lipinski definition) is 23. The number of sulfone groups is 2. The van der Waals surface area contributed by atoms with E-state index in [9.17, 15) is 40.3 Å². The molecule has 0 radical (unpaired) electrons. The number of rotatable bonds is 19. The van der Waals surface area contributed by atoms with Crippen LogP contribution in [0.2, 0.25) is 0 Å². The third kappa shape index (κ3) is 16.5. The van der Waals surface area contributed by atoms with E-state index in [1.165, 1.54) is 36.4 Å². The van der Waals surface area contributed by atoms with E-state index < -0.39 is 63.4 Å². The second kappa shape index (κ2) is 24.2. The van der Waals surface area contributed by atoms with Gasteiger partial charge in [0.2, 0.25) is 0 Å². The van der Waals surface area contributed by atoms with Gasteiger partial charge in [-0.25, -0.2) is 25.3 Å². The molecule has 0 bridgehead atoms. The molecule has 3 rings (SSSR count). The predicted molar refractivity (Wildman–Crippen MR) is 160 cm³/mol. The van der Waals surface area contributed by atoms with Gasteiger partial charge in [-0.2, -0.15) is 5.11 Å². The Morgan fingerprint density at radius 1 is 0.608 bits per heavy atom. The van der Waals surface area contributed by atoms with Crippen LogP contribution in [0.15, 0.2) is 89.7 Å². The second-order valence-corrected chi connectivity index (χ2v) is 15.2. The summed E-state index contributed by atoms with van der Waals surface area (Å²) in [6, 6.07) is 10.3. The summed E-state index contributed by atoms with van der Waals surface area (Å²) in [4.78, 5) is -1.60. The van der Waals surface area contributed by atoms with Crippen molar-refractivity contribution in [2.75, 3.05) is 36.2 Å². The molecule has 0 fully saturated rings. The third-order valence-electron chi connectivity index (χ3n) is 5.55. The quantitative estimate of drug-likeness (QED) is 0.0165. The zero-order chi connectivity index (χ0) is 35.4. The van der Waals surface area contributed by atoms with Crippen molar-refractivity contribution < 1.29 is 156 Å². The van der Waals surface area contributed by atoms with Gasteiger partial charge in [-0.05, 0) is 54.6 Å². The Morgan fingerprint density at radius 2 is 1.06 bits per heavy atom. The Hall–Kier alpha value is -0.350. The molecule has 0 aliphatic rings. The van der Waals surface area contributed by atoms with Crippen LogP contribution in [0.5, 0.6) is 0 Å². The predicted octanol–water partition coefficient (Wildman–Crippen LogP) is -7.25. The van der Waals surface area contributed by atoms with Crippen LogP contribution in [-0.4, -0.2) is 54.5 Å². The first-order chi connectivity index (χ1) is 22.7. The minimum Gasteiger partial charge on any atom is -0.744 e. The molecule has 0 heterocycles. The van der Waals surface area contributed by atoms with Crippen LogP contribution in [0, 0.1) is 0 Å². The van der Waals surface area contributed by atoms with E-state index in [-0.39, 0.29) is 153 Å². The maximum atomic E-state index is 12.6. The minimum absolute atomic E-state index is 0. The van der Waals surface area contributed by atoms with Crippen LogP contribution in [0.1, 0.15) is 0 Å². The molecular weight excluding hydrogens is 818 g/mol. The fourth-order valence-corrected chi connectivity index (χ4v) is 6.90. The summed E-state index contributed by atoms with van der Waals surface area (Å²) in [5, 5.41) is 41.1. The fraction of sp³-hybridized carbons (Fsp3) is 0.182. The van der Waals surface area contributed by atoms with E-state index in [1.54, 1.807) is 0 Å². The summed E-state index contributed by atoms with van der Waals surface area (Å²) in [5.41, 5.74) is 11.6. The molecule has 0 aliphatic carbocycles. The minimum atomic E-state index is -5.26. The molecule has 29 heteroatoms. The van der Waals surface area contributed by atoms with Gasteiger partial charge >= 0.3 is 88.7 Å². The Labute approximate surface area is 366 Å². The second-order valence-electron chi connectivity index (χ2n) is 8.64. The van der Waals surface area contributed by atoms with Gasteiger partial charge in [0, 0.05) is 0 Å². The smallest absolute Gasteiger partial charge is 0.744 e. The Kier molecular flexibility index (Phi) is 24.1.